The molecule has 0 aromatic carbocycles. The van der Waals surface area contributed by atoms with E-state index >= 15 is 0 Å². The van der Waals surface area contributed by atoms with Gasteiger partial charge in [-0.3, -0.25) is 14.6 Å². The van der Waals surface area contributed by atoms with Crippen LogP contribution in [0.1, 0.15) is 23.7 Å². The number of likely N-dealkylation sites (tertiary alicyclic amines) is 1. The number of aromatic nitrogens is 3. The molecule has 0 unspecified atom stereocenters. The van der Waals surface area contributed by atoms with Crippen molar-refractivity contribution in [3.63, 3.8) is 0 Å². The topological polar surface area (TPSA) is 67.4 Å². The summed E-state index contributed by atoms with van der Waals surface area (Å²) in [4.78, 5) is 20.6. The number of hydrogen-bond acceptors (Lipinski definition) is 6. The Labute approximate surface area is 135 Å². The van der Waals surface area contributed by atoms with E-state index in [-0.39, 0.29) is 5.56 Å². The fourth-order valence-corrected chi connectivity index (χ4v) is 3.02. The van der Waals surface area contributed by atoms with E-state index < -0.39 is 0 Å². The minimum absolute atomic E-state index is 0.0443. The van der Waals surface area contributed by atoms with Crippen molar-refractivity contribution in [2.24, 2.45) is 7.05 Å². The Balaban J connectivity index is 1.55. The van der Waals surface area contributed by atoms with Gasteiger partial charge in [-0.05, 0) is 25.1 Å². The maximum absolute atomic E-state index is 11.7. The largest absolute Gasteiger partial charge is 0.340 e. The zero-order valence-corrected chi connectivity index (χ0v) is 13.9. The highest BCUT2D eigenvalue weighted by atomic mass is 16.5. The second-order valence-corrected chi connectivity index (χ2v) is 6.31. The predicted octanol–water partition coefficient (Wildman–Crippen LogP) is 0.783. The molecule has 1 saturated heterocycles. The number of aryl methyl sites for hydroxylation is 2. The zero-order chi connectivity index (χ0) is 16.4. The van der Waals surface area contributed by atoms with Crippen LogP contribution in [0, 0.1) is 6.92 Å². The molecule has 0 aliphatic carbocycles. The molecule has 0 radical (unpaired) electrons. The molecule has 3 heterocycles. The Kier molecular flexibility index (Phi) is 4.58. The van der Waals surface area contributed by atoms with Gasteiger partial charge in [0.05, 0.1) is 6.54 Å². The lowest BCUT2D eigenvalue weighted by atomic mass is 10.2. The second-order valence-electron chi connectivity index (χ2n) is 6.31. The monoisotopic (exact) mass is 317 g/mol. The molecule has 3 rings (SSSR count). The SMILES string of the molecule is Cc1nc(CN(C)[C@H]2CCN(Cc3ccn(C)c(=O)c3)C2)no1. The molecule has 1 fully saturated rings. The van der Waals surface area contributed by atoms with Gasteiger partial charge in [-0.25, -0.2) is 0 Å². The van der Waals surface area contributed by atoms with E-state index in [4.69, 9.17) is 4.52 Å². The molecule has 0 N–H and O–H groups in total. The third-order valence-electron chi connectivity index (χ3n) is 4.41. The maximum Gasteiger partial charge on any atom is 0.250 e. The van der Waals surface area contributed by atoms with E-state index in [1.54, 1.807) is 24.6 Å². The first-order valence-corrected chi connectivity index (χ1v) is 7.88. The standard InChI is InChI=1S/C16H23N5O2/c1-12-17-15(18-23-12)11-20(3)14-5-7-21(10-14)9-13-4-6-19(2)16(22)8-13/h4,6,8,14H,5,7,9-11H2,1-3H3/t14-/m0/s1. The van der Waals surface area contributed by atoms with Crippen LogP contribution in [0.2, 0.25) is 0 Å². The molecule has 0 bridgehead atoms. The van der Waals surface area contributed by atoms with Crippen LogP contribution in [0.3, 0.4) is 0 Å². The van der Waals surface area contributed by atoms with E-state index in [1.165, 1.54) is 0 Å². The molecule has 1 aliphatic rings. The van der Waals surface area contributed by atoms with Crippen molar-refractivity contribution in [2.45, 2.75) is 32.5 Å². The number of pyridine rings is 1. The second kappa shape index (κ2) is 6.64. The highest BCUT2D eigenvalue weighted by molar-refractivity contribution is 5.11. The summed E-state index contributed by atoms with van der Waals surface area (Å²) in [6.45, 7) is 5.35. The fourth-order valence-electron chi connectivity index (χ4n) is 3.02. The minimum Gasteiger partial charge on any atom is -0.340 e. The van der Waals surface area contributed by atoms with Gasteiger partial charge >= 0.3 is 0 Å². The van der Waals surface area contributed by atoms with Gasteiger partial charge in [0.25, 0.3) is 5.56 Å². The van der Waals surface area contributed by atoms with Crippen LogP contribution in [0.15, 0.2) is 27.6 Å². The molecule has 23 heavy (non-hydrogen) atoms. The lowest BCUT2D eigenvalue weighted by Gasteiger charge is -2.23. The lowest BCUT2D eigenvalue weighted by molar-refractivity contribution is 0.216. The molecule has 7 nitrogen and oxygen atoms in total. The number of hydrogen-bond donors (Lipinski definition) is 0. The third-order valence-corrected chi connectivity index (χ3v) is 4.41. The Morgan fingerprint density at radius 3 is 3.00 bits per heavy atom. The number of nitrogens with zero attached hydrogens (tertiary/aromatic N) is 5. The Morgan fingerprint density at radius 2 is 2.30 bits per heavy atom. The van der Waals surface area contributed by atoms with Gasteiger partial charge in [0.15, 0.2) is 5.82 Å². The van der Waals surface area contributed by atoms with Crippen molar-refractivity contribution in [3.8, 4) is 0 Å². The van der Waals surface area contributed by atoms with Gasteiger partial charge in [-0.15, -0.1) is 0 Å². The third kappa shape index (κ3) is 3.86. The predicted molar refractivity (Wildman–Crippen MR) is 85.9 cm³/mol. The molecule has 2 aromatic rings. The van der Waals surface area contributed by atoms with Crippen LogP contribution in [0.25, 0.3) is 0 Å². The van der Waals surface area contributed by atoms with Crippen LogP contribution < -0.4 is 5.56 Å². The average Bonchev–Trinajstić information content (AvgIpc) is 3.12. The van der Waals surface area contributed by atoms with Crippen molar-refractivity contribution < 1.29 is 4.52 Å². The molecular formula is C16H23N5O2. The van der Waals surface area contributed by atoms with Crippen molar-refractivity contribution in [1.29, 1.82) is 0 Å². The number of rotatable bonds is 5. The van der Waals surface area contributed by atoms with Crippen molar-refractivity contribution in [1.82, 2.24) is 24.5 Å². The van der Waals surface area contributed by atoms with Crippen LogP contribution in [0.4, 0.5) is 0 Å². The Bertz CT molecular complexity index is 723. The molecule has 0 spiro atoms. The Morgan fingerprint density at radius 1 is 1.48 bits per heavy atom. The first-order chi connectivity index (χ1) is 11.0. The van der Waals surface area contributed by atoms with E-state index in [0.717, 1.165) is 37.4 Å². The number of likely N-dealkylation sites (N-methyl/N-ethyl adjacent to an activating group) is 1. The summed E-state index contributed by atoms with van der Waals surface area (Å²) in [6, 6.07) is 4.21. The molecule has 1 aliphatic heterocycles. The smallest absolute Gasteiger partial charge is 0.250 e. The van der Waals surface area contributed by atoms with Crippen LogP contribution in [-0.4, -0.2) is 50.7 Å². The van der Waals surface area contributed by atoms with Gasteiger partial charge < -0.3 is 9.09 Å². The van der Waals surface area contributed by atoms with E-state index in [1.807, 2.05) is 12.3 Å². The summed E-state index contributed by atoms with van der Waals surface area (Å²) in [7, 11) is 3.87. The summed E-state index contributed by atoms with van der Waals surface area (Å²) in [5, 5.41) is 3.95. The Hall–Kier alpha value is -1.99. The highest BCUT2D eigenvalue weighted by Crippen LogP contribution is 2.18. The summed E-state index contributed by atoms with van der Waals surface area (Å²) in [5.41, 5.74) is 1.12. The molecule has 2 aromatic heterocycles. The molecule has 7 heteroatoms. The van der Waals surface area contributed by atoms with Crippen molar-refractivity contribution in [3.05, 3.63) is 46.0 Å². The summed E-state index contributed by atoms with van der Waals surface area (Å²) >= 11 is 0. The molecule has 1 atom stereocenters. The first kappa shape index (κ1) is 15.9. The van der Waals surface area contributed by atoms with Crippen LogP contribution in [-0.2, 0) is 20.1 Å². The molecule has 0 amide bonds. The van der Waals surface area contributed by atoms with Gasteiger partial charge in [0.1, 0.15) is 0 Å². The minimum atomic E-state index is 0.0443. The maximum atomic E-state index is 11.7. The van der Waals surface area contributed by atoms with E-state index in [9.17, 15) is 4.79 Å². The summed E-state index contributed by atoms with van der Waals surface area (Å²) < 4.78 is 6.61. The average molecular weight is 317 g/mol. The van der Waals surface area contributed by atoms with Crippen LogP contribution >= 0.6 is 0 Å². The van der Waals surface area contributed by atoms with Gasteiger partial charge in [0.2, 0.25) is 5.89 Å². The van der Waals surface area contributed by atoms with Gasteiger partial charge in [0, 0.05) is 51.9 Å². The van der Waals surface area contributed by atoms with Crippen molar-refractivity contribution >= 4 is 0 Å². The molecule has 0 saturated carbocycles. The highest BCUT2D eigenvalue weighted by Gasteiger charge is 2.26. The normalized spacial score (nSPS) is 18.9. The zero-order valence-electron chi connectivity index (χ0n) is 13.9. The van der Waals surface area contributed by atoms with E-state index in [2.05, 4.69) is 27.0 Å². The van der Waals surface area contributed by atoms with Crippen molar-refractivity contribution in [2.75, 3.05) is 20.1 Å². The first-order valence-electron chi connectivity index (χ1n) is 7.88. The molecular weight excluding hydrogens is 294 g/mol. The van der Waals surface area contributed by atoms with Gasteiger partial charge in [-0.2, -0.15) is 4.98 Å². The lowest BCUT2D eigenvalue weighted by Crippen LogP contribution is -2.34. The fraction of sp³-hybridized carbons (Fsp3) is 0.562. The van der Waals surface area contributed by atoms with Gasteiger partial charge in [-0.1, -0.05) is 5.16 Å². The van der Waals surface area contributed by atoms with E-state index in [0.29, 0.717) is 18.5 Å². The summed E-state index contributed by atoms with van der Waals surface area (Å²) in [6.07, 6.45) is 2.94. The van der Waals surface area contributed by atoms with Crippen LogP contribution in [0.5, 0.6) is 0 Å². The molecule has 124 valence electrons. The summed E-state index contributed by atoms with van der Waals surface area (Å²) in [5.74, 6) is 1.34. The quantitative estimate of drug-likeness (QED) is 0.812.